The molecule has 0 bridgehead atoms. The number of rotatable bonds is 13. The zero-order chi connectivity index (χ0) is 43.4. The van der Waals surface area contributed by atoms with Crippen molar-refractivity contribution in [2.45, 2.75) is 96.9 Å². The van der Waals surface area contributed by atoms with Crippen molar-refractivity contribution < 1.29 is 47.8 Å². The largest absolute Gasteiger partial charge is 0.460 e. The van der Waals surface area contributed by atoms with Crippen molar-refractivity contribution in [2.75, 3.05) is 4.90 Å². The van der Waals surface area contributed by atoms with Gasteiger partial charge in [-0.2, -0.15) is 0 Å². The fraction of sp³-hybridized carbons (Fsp3) is 0.366. The number of carbonyl (C=O) groups excluding carboxylic acids is 7. The lowest BCUT2D eigenvalue weighted by molar-refractivity contribution is -0.174. The van der Waals surface area contributed by atoms with Crippen LogP contribution in [0.1, 0.15) is 83.3 Å². The van der Waals surface area contributed by atoms with E-state index in [-0.39, 0.29) is 34.0 Å². The third-order valence-electron chi connectivity index (χ3n) is 8.61. The lowest BCUT2D eigenvalue weighted by atomic mass is 9.88. The Balaban J connectivity index is 1.92. The molecule has 3 aromatic rings. The molecule has 1 fully saturated rings. The van der Waals surface area contributed by atoms with Crippen LogP contribution in [-0.4, -0.2) is 75.3 Å². The summed E-state index contributed by atoms with van der Waals surface area (Å²) in [5.74, 6) is -7.29. The molecule has 58 heavy (non-hydrogen) atoms. The molecule has 308 valence electrons. The highest BCUT2D eigenvalue weighted by Crippen LogP contribution is 2.42. The van der Waals surface area contributed by atoms with Crippen LogP contribution in [0.4, 0.5) is 16.2 Å². The Morgan fingerprint density at radius 3 is 1.97 bits per heavy atom. The molecule has 1 saturated heterocycles. The molecular formula is C41H49N7O10. The fourth-order valence-electron chi connectivity index (χ4n) is 6.19. The van der Waals surface area contributed by atoms with Gasteiger partial charge in [0.15, 0.2) is 11.7 Å². The summed E-state index contributed by atoms with van der Waals surface area (Å²) in [5.41, 5.74) is 10.4. The smallest absolute Gasteiger partial charge is 0.363 e. The number of ether oxygens (including phenoxy) is 3. The van der Waals surface area contributed by atoms with E-state index in [1.54, 1.807) is 51.1 Å². The van der Waals surface area contributed by atoms with Gasteiger partial charge >= 0.3 is 23.9 Å². The lowest BCUT2D eigenvalue weighted by Gasteiger charge is -2.45. The highest BCUT2D eigenvalue weighted by molar-refractivity contribution is 6.24. The van der Waals surface area contributed by atoms with Crippen LogP contribution < -0.4 is 27.4 Å². The molecule has 4 amide bonds. The Hall–Kier alpha value is -6.62. The van der Waals surface area contributed by atoms with E-state index in [1.807, 2.05) is 6.07 Å². The van der Waals surface area contributed by atoms with Gasteiger partial charge in [0.05, 0.1) is 23.7 Å². The molecule has 3 atom stereocenters. The van der Waals surface area contributed by atoms with Gasteiger partial charge < -0.3 is 36.7 Å². The molecule has 17 heteroatoms. The number of anilines is 1. The molecule has 0 radical (unpaired) electrons. The van der Waals surface area contributed by atoms with Crippen LogP contribution in [0.15, 0.2) is 83.9 Å². The summed E-state index contributed by atoms with van der Waals surface area (Å²) in [5, 5.41) is 2.53. The number of Topliss-reactive ketones (excluding diaryl/α,β-unsaturated/α-hetero) is 1. The Labute approximate surface area is 335 Å². The van der Waals surface area contributed by atoms with Gasteiger partial charge in [-0.1, -0.05) is 54.6 Å². The van der Waals surface area contributed by atoms with Crippen LogP contribution >= 0.6 is 0 Å². The summed E-state index contributed by atoms with van der Waals surface area (Å²) in [7, 11) is 0. The van der Waals surface area contributed by atoms with Gasteiger partial charge in [-0.15, -0.1) is 0 Å². The van der Waals surface area contributed by atoms with Crippen LogP contribution in [0.2, 0.25) is 0 Å². The number of amides is 4. The minimum atomic E-state index is -3.21. The molecule has 0 unspecified atom stereocenters. The average molecular weight is 800 g/mol. The first-order valence-corrected chi connectivity index (χ1v) is 18.2. The van der Waals surface area contributed by atoms with Crippen molar-refractivity contribution in [1.29, 1.82) is 0 Å². The Kier molecular flexibility index (Phi) is 12.8. The number of nitrogens with zero attached hydrogens (tertiary/aromatic N) is 3. The van der Waals surface area contributed by atoms with Crippen molar-refractivity contribution >= 4 is 58.9 Å². The van der Waals surface area contributed by atoms with Crippen molar-refractivity contribution in [3.63, 3.8) is 0 Å². The van der Waals surface area contributed by atoms with Gasteiger partial charge in [0, 0.05) is 11.3 Å². The van der Waals surface area contributed by atoms with Crippen LogP contribution in [0, 0.1) is 0 Å². The van der Waals surface area contributed by atoms with Crippen LogP contribution in [-0.2, 0) is 50.3 Å². The number of para-hydroxylation sites is 1. The molecule has 3 aromatic carbocycles. The molecule has 1 aliphatic rings. The number of carbonyl (C=O) groups is 7. The first kappa shape index (κ1) is 44.1. The van der Waals surface area contributed by atoms with Gasteiger partial charge in [0.2, 0.25) is 5.91 Å². The molecule has 1 aliphatic heterocycles. The first-order chi connectivity index (χ1) is 26.9. The molecule has 0 aliphatic carbocycles. The molecule has 7 N–H and O–H groups in total. The number of imide groups is 1. The Morgan fingerprint density at radius 1 is 0.862 bits per heavy atom. The number of urea groups is 1. The van der Waals surface area contributed by atoms with E-state index in [0.29, 0.717) is 4.90 Å². The standard InChI is InChI=1S/C41H49N7O10/c1-24(49)41(35(54)58-39(5,6)7,47(27-17-13-10-14-18-27)32(51)29(42)22-31(50)57-38(2,3)4)48-34(53)40(8,46-37(48)55)28-20-19-26(21-30(28)45-36(43)44)33(52)56-23-25-15-11-9-12-16-25/h9-21,29H,22-23,42H2,1-8H3,(H,46,55)(H4,43,44,45)/t29-,40+,41+/m0/s1. The monoisotopic (exact) mass is 799 g/mol. The van der Waals surface area contributed by atoms with Crippen molar-refractivity contribution in [3.05, 3.63) is 95.6 Å². The van der Waals surface area contributed by atoms with Crippen molar-refractivity contribution in [3.8, 4) is 0 Å². The summed E-state index contributed by atoms with van der Waals surface area (Å²) in [6, 6.07) is 16.8. The summed E-state index contributed by atoms with van der Waals surface area (Å²) in [4.78, 5) is 104. The maximum absolute atomic E-state index is 15.1. The number of guanidine groups is 1. The SMILES string of the molecule is CC(=O)[C@](C(=O)OC(C)(C)C)(N1C(=O)N[C@](C)(c2ccc(C(=O)OCc3ccccc3)cc2N=C(N)N)C1=O)N(C(=O)[C@@H](N)CC(=O)OC(C)(C)C)c1ccccc1. The van der Waals surface area contributed by atoms with Gasteiger partial charge in [-0.3, -0.25) is 24.1 Å². The topological polar surface area (TPSA) is 256 Å². The van der Waals surface area contributed by atoms with Gasteiger partial charge in [-0.05, 0) is 85.2 Å². The maximum Gasteiger partial charge on any atom is 0.363 e. The summed E-state index contributed by atoms with van der Waals surface area (Å²) in [6.07, 6.45) is -0.721. The van der Waals surface area contributed by atoms with Crippen LogP contribution in [0.3, 0.4) is 0 Å². The fourth-order valence-corrected chi connectivity index (χ4v) is 6.19. The second-order valence-electron chi connectivity index (χ2n) is 15.7. The minimum Gasteiger partial charge on any atom is -0.460 e. The molecule has 0 aromatic heterocycles. The zero-order valence-electron chi connectivity index (χ0n) is 33.7. The van der Waals surface area contributed by atoms with Crippen LogP contribution in [0.5, 0.6) is 0 Å². The number of nitrogens with one attached hydrogen (secondary N) is 1. The van der Waals surface area contributed by atoms with E-state index in [2.05, 4.69) is 10.3 Å². The highest BCUT2D eigenvalue weighted by Gasteiger charge is 2.68. The number of hydrogen-bond donors (Lipinski definition) is 4. The number of nitrogens with two attached hydrogens (primary N) is 3. The summed E-state index contributed by atoms with van der Waals surface area (Å²) in [6.45, 7) is 11.3. The normalized spacial score (nSPS) is 16.9. The zero-order valence-corrected chi connectivity index (χ0v) is 33.7. The van der Waals surface area contributed by atoms with E-state index >= 15 is 4.79 Å². The second kappa shape index (κ2) is 16.9. The number of aliphatic imine (C=N–C) groups is 1. The van der Waals surface area contributed by atoms with E-state index < -0.39 is 82.4 Å². The maximum atomic E-state index is 15.1. The molecule has 1 heterocycles. The third-order valence-corrected chi connectivity index (χ3v) is 8.61. The summed E-state index contributed by atoms with van der Waals surface area (Å²) >= 11 is 0. The predicted octanol–water partition coefficient (Wildman–Crippen LogP) is 3.43. The van der Waals surface area contributed by atoms with Gasteiger partial charge in [-0.25, -0.2) is 24.3 Å². The van der Waals surface area contributed by atoms with Crippen molar-refractivity contribution in [2.24, 2.45) is 22.2 Å². The molecule has 17 nitrogen and oxygen atoms in total. The van der Waals surface area contributed by atoms with E-state index in [1.165, 1.54) is 70.2 Å². The number of hydrogen-bond acceptors (Lipinski definition) is 12. The average Bonchev–Trinajstić information content (AvgIpc) is 3.35. The van der Waals surface area contributed by atoms with Gasteiger partial charge in [0.1, 0.15) is 23.3 Å². The van der Waals surface area contributed by atoms with E-state index in [9.17, 15) is 28.8 Å². The predicted molar refractivity (Wildman–Crippen MR) is 212 cm³/mol. The second-order valence-corrected chi connectivity index (χ2v) is 15.7. The molecule has 0 spiro atoms. The molecule has 4 rings (SSSR count). The highest BCUT2D eigenvalue weighted by atomic mass is 16.6. The molecule has 0 saturated carbocycles. The van der Waals surface area contributed by atoms with Crippen molar-refractivity contribution in [1.82, 2.24) is 10.2 Å². The first-order valence-electron chi connectivity index (χ1n) is 18.2. The van der Waals surface area contributed by atoms with Crippen LogP contribution in [0.25, 0.3) is 0 Å². The third kappa shape index (κ3) is 9.49. The lowest BCUT2D eigenvalue weighted by Crippen LogP contribution is -2.75. The Bertz CT molecular complexity index is 2130. The van der Waals surface area contributed by atoms with E-state index in [0.717, 1.165) is 12.5 Å². The Morgan fingerprint density at radius 2 is 1.43 bits per heavy atom. The summed E-state index contributed by atoms with van der Waals surface area (Å²) < 4.78 is 16.6. The number of benzene rings is 3. The van der Waals surface area contributed by atoms with Gasteiger partial charge in [0.25, 0.3) is 11.6 Å². The van der Waals surface area contributed by atoms with E-state index in [4.69, 9.17) is 31.4 Å². The minimum absolute atomic E-state index is 0.0245. The number of esters is 3. The number of ketones is 1. The quantitative estimate of drug-likeness (QED) is 0.0483. The molecular weight excluding hydrogens is 750 g/mol.